The van der Waals surface area contributed by atoms with E-state index >= 15 is 0 Å². The van der Waals surface area contributed by atoms with Gasteiger partial charge in [-0.2, -0.15) is 0 Å². The third-order valence-corrected chi connectivity index (χ3v) is 3.70. The van der Waals surface area contributed by atoms with E-state index in [4.69, 9.17) is 5.73 Å². The summed E-state index contributed by atoms with van der Waals surface area (Å²) in [5, 5.41) is 0. The minimum Gasteiger partial charge on any atom is -0.674 e. The summed E-state index contributed by atoms with van der Waals surface area (Å²) in [7, 11) is 0. The molecule has 1 aliphatic carbocycles. The summed E-state index contributed by atoms with van der Waals surface area (Å²) >= 11 is 0. The number of pyridine rings is 2. The molecule has 1 aliphatic rings. The molecule has 2 atom stereocenters. The van der Waals surface area contributed by atoms with E-state index < -0.39 is 0 Å². The summed E-state index contributed by atoms with van der Waals surface area (Å²) in [5.74, 6) is 0.670. The van der Waals surface area contributed by atoms with Crippen LogP contribution >= 0.6 is 0 Å². The van der Waals surface area contributed by atoms with Crippen molar-refractivity contribution in [3.8, 4) is 11.4 Å². The second kappa shape index (κ2) is 21.2. The van der Waals surface area contributed by atoms with Crippen LogP contribution in [0.1, 0.15) is 52.9 Å². The van der Waals surface area contributed by atoms with E-state index in [0.29, 0.717) is 5.92 Å². The predicted octanol–water partition coefficient (Wildman–Crippen LogP) is 4.98. The average Bonchev–Trinajstić information content (AvgIpc) is 2.60. The molecule has 2 heterocycles. The molecule has 5 N–H and O–H groups in total. The molecule has 0 bridgehead atoms. The maximum absolute atomic E-state index is 7.48. The van der Waals surface area contributed by atoms with Gasteiger partial charge in [-0.1, -0.05) is 70.9 Å². The van der Waals surface area contributed by atoms with Crippen molar-refractivity contribution in [1.82, 2.24) is 9.97 Å². The standard InChI is InChI=1S/C10H8N2.C7H14N.C3H8.CH3.2H2O.Pt/c1-3-7-11-9(5-1)10-6-2-4-8-12-10;1-6-4-2-3-5-7(6)8;1-3-2;;;;/h1-8H;6-8H,2-5H2,1H3;3H2,1-2H3;1H3;2*1H2;/q;-1;;-1;;;+2. The Morgan fingerprint density at radius 2 is 1.30 bits per heavy atom. The van der Waals surface area contributed by atoms with Crippen LogP contribution in [0.3, 0.4) is 0 Å². The van der Waals surface area contributed by atoms with Crippen molar-refractivity contribution >= 4 is 0 Å². The predicted molar refractivity (Wildman–Crippen MR) is 113 cm³/mol. The Kier molecular flexibility index (Phi) is 26.2. The van der Waals surface area contributed by atoms with Crippen molar-refractivity contribution < 1.29 is 32.0 Å². The summed E-state index contributed by atoms with van der Waals surface area (Å²) in [4.78, 5) is 8.37. The van der Waals surface area contributed by atoms with Gasteiger partial charge in [0.25, 0.3) is 0 Å². The Hall–Kier alpha value is -1.13. The van der Waals surface area contributed by atoms with Gasteiger partial charge in [-0.15, -0.1) is 6.04 Å². The van der Waals surface area contributed by atoms with Crippen molar-refractivity contribution in [3.63, 3.8) is 0 Å². The second-order valence-electron chi connectivity index (χ2n) is 6.01. The zero-order valence-corrected chi connectivity index (χ0v) is 19.3. The molecule has 0 aliphatic heterocycles. The van der Waals surface area contributed by atoms with Crippen LogP contribution in [0.5, 0.6) is 0 Å². The first-order valence-corrected chi connectivity index (χ1v) is 8.72. The van der Waals surface area contributed by atoms with Gasteiger partial charge >= 0.3 is 21.1 Å². The van der Waals surface area contributed by atoms with E-state index in [9.17, 15) is 0 Å². The number of hydrogen-bond acceptors (Lipinski definition) is 2. The van der Waals surface area contributed by atoms with Crippen LogP contribution in [0, 0.1) is 13.3 Å². The van der Waals surface area contributed by atoms with Crippen LogP contribution in [0.15, 0.2) is 48.8 Å². The summed E-state index contributed by atoms with van der Waals surface area (Å²) in [6.07, 6.45) is 9.86. The minimum atomic E-state index is 0. The van der Waals surface area contributed by atoms with Gasteiger partial charge < -0.3 is 24.1 Å². The molecular weight excluding hydrogens is 521 g/mol. The quantitative estimate of drug-likeness (QED) is 0.460. The molecule has 158 valence electrons. The first-order chi connectivity index (χ1) is 11.2. The van der Waals surface area contributed by atoms with E-state index in [1.807, 2.05) is 36.4 Å². The molecular formula is C21H37N3O2Pt. The fourth-order valence-electron chi connectivity index (χ4n) is 2.34. The SMILES string of the molecule is CC1CCCCC1[NH-].CCC.O.O.[CH3-].[Pt+2].c1ccc(-c2ccccn2)nc1. The molecule has 27 heavy (non-hydrogen) atoms. The van der Waals surface area contributed by atoms with Gasteiger partial charge in [0.15, 0.2) is 0 Å². The van der Waals surface area contributed by atoms with Crippen LogP contribution in [-0.4, -0.2) is 27.0 Å². The van der Waals surface area contributed by atoms with Gasteiger partial charge in [0, 0.05) is 12.4 Å². The summed E-state index contributed by atoms with van der Waals surface area (Å²) in [5.41, 5.74) is 9.31. The molecule has 1 fully saturated rings. The average molecular weight is 559 g/mol. The van der Waals surface area contributed by atoms with Gasteiger partial charge in [-0.05, 0) is 24.3 Å². The number of nitrogens with zero attached hydrogens (tertiary/aromatic N) is 2. The van der Waals surface area contributed by atoms with Crippen LogP contribution < -0.4 is 0 Å². The van der Waals surface area contributed by atoms with Gasteiger partial charge in [0.05, 0.1) is 11.4 Å². The van der Waals surface area contributed by atoms with Gasteiger partial charge in [-0.25, -0.2) is 0 Å². The number of nitrogens with one attached hydrogen (secondary N) is 1. The Bertz CT molecular complexity index is 468. The van der Waals surface area contributed by atoms with Crippen LogP contribution in [-0.2, 0) is 21.1 Å². The van der Waals surface area contributed by atoms with Crippen LogP contribution in [0.25, 0.3) is 17.1 Å². The van der Waals surface area contributed by atoms with E-state index in [1.165, 1.54) is 25.7 Å². The van der Waals surface area contributed by atoms with Crippen LogP contribution in [0.4, 0.5) is 0 Å². The minimum absolute atomic E-state index is 0. The maximum atomic E-state index is 7.48. The van der Waals surface area contributed by atoms with E-state index in [0.717, 1.165) is 17.8 Å². The summed E-state index contributed by atoms with van der Waals surface area (Å²) < 4.78 is 0. The summed E-state index contributed by atoms with van der Waals surface area (Å²) in [6.45, 7) is 6.44. The third kappa shape index (κ3) is 14.6. The number of rotatable bonds is 1. The summed E-state index contributed by atoms with van der Waals surface area (Å²) in [6, 6.07) is 11.8. The fourth-order valence-corrected chi connectivity index (χ4v) is 2.34. The smallest absolute Gasteiger partial charge is 0.674 e. The second-order valence-corrected chi connectivity index (χ2v) is 6.01. The topological polar surface area (TPSA) is 113 Å². The Balaban J connectivity index is -0.000000158. The van der Waals surface area contributed by atoms with Crippen molar-refractivity contribution in [3.05, 3.63) is 62.0 Å². The van der Waals surface area contributed by atoms with Crippen LogP contribution in [0.2, 0.25) is 0 Å². The van der Waals surface area contributed by atoms with E-state index in [1.54, 1.807) is 12.4 Å². The number of aromatic nitrogens is 2. The Morgan fingerprint density at radius 1 is 0.889 bits per heavy atom. The molecule has 6 heteroatoms. The van der Waals surface area contributed by atoms with E-state index in [2.05, 4.69) is 30.7 Å². The maximum Gasteiger partial charge on any atom is 2.00 e. The normalized spacial score (nSPS) is 16.7. The third-order valence-electron chi connectivity index (χ3n) is 3.70. The van der Waals surface area contributed by atoms with Crippen molar-refractivity contribution in [1.29, 1.82) is 0 Å². The molecule has 2 unspecified atom stereocenters. The molecule has 5 nitrogen and oxygen atoms in total. The number of hydrogen-bond donors (Lipinski definition) is 0. The molecule has 0 amide bonds. The molecule has 1 saturated carbocycles. The molecule has 2 aromatic rings. The first kappa shape index (κ1) is 33.5. The van der Waals surface area contributed by atoms with Gasteiger partial charge in [-0.3, -0.25) is 9.97 Å². The van der Waals surface area contributed by atoms with Gasteiger partial charge in [0.1, 0.15) is 0 Å². The Labute approximate surface area is 180 Å². The zero-order valence-electron chi connectivity index (χ0n) is 17.0. The molecule has 0 aromatic carbocycles. The van der Waals surface area contributed by atoms with Crippen molar-refractivity contribution in [2.45, 2.75) is 58.9 Å². The Morgan fingerprint density at radius 3 is 1.56 bits per heavy atom. The fraction of sp³-hybridized carbons (Fsp3) is 0.476. The largest absolute Gasteiger partial charge is 2.00 e. The zero-order chi connectivity index (χ0) is 16.9. The first-order valence-electron chi connectivity index (χ1n) is 8.72. The monoisotopic (exact) mass is 558 g/mol. The van der Waals surface area contributed by atoms with Crippen molar-refractivity contribution in [2.75, 3.05) is 0 Å². The molecule has 3 rings (SSSR count). The van der Waals surface area contributed by atoms with Gasteiger partial charge in [0.2, 0.25) is 0 Å². The molecule has 0 saturated heterocycles. The molecule has 2 aromatic heterocycles. The molecule has 0 radical (unpaired) electrons. The molecule has 0 spiro atoms. The van der Waals surface area contributed by atoms with Crippen molar-refractivity contribution in [2.24, 2.45) is 5.92 Å². The van der Waals surface area contributed by atoms with E-state index in [-0.39, 0.29) is 45.5 Å².